The van der Waals surface area contributed by atoms with Crippen LogP contribution in [0.2, 0.25) is 0 Å². The van der Waals surface area contributed by atoms with Crippen LogP contribution in [0.25, 0.3) is 6.08 Å². The lowest BCUT2D eigenvalue weighted by Crippen LogP contribution is -2.31. The molecule has 172 valence electrons. The van der Waals surface area contributed by atoms with E-state index in [0.29, 0.717) is 14.4 Å². The van der Waals surface area contributed by atoms with Crippen LogP contribution in [0.3, 0.4) is 0 Å². The zero-order valence-electron chi connectivity index (χ0n) is 18.6. The van der Waals surface area contributed by atoms with Gasteiger partial charge in [0.1, 0.15) is 4.32 Å². The monoisotopic (exact) mass is 505 g/mol. The Morgan fingerprint density at radius 1 is 1.15 bits per heavy atom. The van der Waals surface area contributed by atoms with Crippen molar-refractivity contribution in [2.45, 2.75) is 19.8 Å². The van der Waals surface area contributed by atoms with Crippen molar-refractivity contribution < 1.29 is 9.59 Å². The molecular formula is C26H23N3O2S3. The van der Waals surface area contributed by atoms with Crippen LogP contribution in [0.4, 0.5) is 5.13 Å². The summed E-state index contributed by atoms with van der Waals surface area (Å²) in [5, 5.41) is 3.39. The second-order valence-corrected chi connectivity index (χ2v) is 10.5. The van der Waals surface area contributed by atoms with Gasteiger partial charge >= 0.3 is 0 Å². The van der Waals surface area contributed by atoms with E-state index in [2.05, 4.69) is 41.5 Å². The Bertz CT molecular complexity index is 1250. The maximum atomic E-state index is 12.7. The Morgan fingerprint density at radius 3 is 2.68 bits per heavy atom. The number of thiocarbonyl (C=S) groups is 1. The number of thiazole rings is 1. The predicted octanol–water partition coefficient (Wildman–Crippen LogP) is 5.83. The van der Waals surface area contributed by atoms with Crippen molar-refractivity contribution in [3.05, 3.63) is 99.4 Å². The molecule has 8 heteroatoms. The summed E-state index contributed by atoms with van der Waals surface area (Å²) in [5.41, 5.74) is 3.48. The number of nitrogens with zero attached hydrogens (tertiary/aromatic N) is 2. The van der Waals surface area contributed by atoms with E-state index in [1.54, 1.807) is 12.3 Å². The second-order valence-electron chi connectivity index (χ2n) is 7.72. The lowest BCUT2D eigenvalue weighted by atomic mass is 10.1. The molecular weight excluding hydrogens is 483 g/mol. The molecule has 2 heterocycles. The van der Waals surface area contributed by atoms with Crippen LogP contribution in [0.5, 0.6) is 0 Å². The number of carbonyl (C=O) groups excluding carboxylic acids is 2. The minimum atomic E-state index is -0.196. The van der Waals surface area contributed by atoms with Crippen LogP contribution in [-0.4, -0.2) is 32.6 Å². The van der Waals surface area contributed by atoms with Crippen LogP contribution in [0, 0.1) is 6.92 Å². The highest BCUT2D eigenvalue weighted by molar-refractivity contribution is 8.26. The topological polar surface area (TPSA) is 62.3 Å². The molecule has 0 unspecified atom stereocenters. The van der Waals surface area contributed by atoms with Gasteiger partial charge in [-0.3, -0.25) is 14.5 Å². The smallest absolute Gasteiger partial charge is 0.266 e. The Hall–Kier alpha value is -3.07. The van der Waals surface area contributed by atoms with Gasteiger partial charge in [-0.2, -0.15) is 0 Å². The molecule has 0 spiro atoms. The molecule has 4 rings (SSSR count). The van der Waals surface area contributed by atoms with Crippen molar-refractivity contribution in [2.24, 2.45) is 0 Å². The zero-order chi connectivity index (χ0) is 23.9. The fraction of sp³-hybridized carbons (Fsp3) is 0.154. The Kier molecular flexibility index (Phi) is 8.05. The summed E-state index contributed by atoms with van der Waals surface area (Å²) < 4.78 is 0.465. The molecule has 0 aliphatic carbocycles. The average molecular weight is 506 g/mol. The number of carbonyl (C=O) groups is 2. The normalized spacial score (nSPS) is 15.0. The van der Waals surface area contributed by atoms with Crippen molar-refractivity contribution in [3.8, 4) is 0 Å². The Morgan fingerprint density at radius 2 is 1.91 bits per heavy atom. The van der Waals surface area contributed by atoms with Gasteiger partial charge in [0.15, 0.2) is 5.13 Å². The van der Waals surface area contributed by atoms with E-state index >= 15 is 0 Å². The van der Waals surface area contributed by atoms with Gasteiger partial charge in [0.05, 0.1) is 4.91 Å². The van der Waals surface area contributed by atoms with Gasteiger partial charge in [-0.1, -0.05) is 96.3 Å². The molecule has 0 atom stereocenters. The molecule has 3 aromatic rings. The summed E-state index contributed by atoms with van der Waals surface area (Å²) in [6.07, 6.45) is 8.24. The first-order valence-corrected chi connectivity index (χ1v) is 12.8. The quantitative estimate of drug-likeness (QED) is 0.308. The van der Waals surface area contributed by atoms with Crippen LogP contribution in [0.1, 0.15) is 28.0 Å². The number of anilines is 1. The number of benzene rings is 2. The predicted molar refractivity (Wildman–Crippen MR) is 145 cm³/mol. The molecule has 2 amide bonds. The van der Waals surface area contributed by atoms with E-state index < -0.39 is 0 Å². The van der Waals surface area contributed by atoms with Gasteiger partial charge in [0.2, 0.25) is 5.91 Å². The standard InChI is InChI=1S/C26H23N3O2S3/c1-18-10-12-20(13-11-18)16-21-17-27-25(33-21)28-23(30)14-15-29-24(31)22(34-26(29)32)9-5-8-19-6-3-2-4-7-19/h2-13,17H,14-16H2,1H3,(H,27,28,30). The van der Waals surface area contributed by atoms with E-state index in [0.717, 1.165) is 16.9 Å². The van der Waals surface area contributed by atoms with Crippen molar-refractivity contribution in [1.29, 1.82) is 0 Å². The third kappa shape index (κ3) is 6.50. The number of thioether (sulfide) groups is 1. The summed E-state index contributed by atoms with van der Waals surface area (Å²) in [4.78, 5) is 32.6. The summed E-state index contributed by atoms with van der Waals surface area (Å²) >= 11 is 8.06. The van der Waals surface area contributed by atoms with E-state index in [-0.39, 0.29) is 24.8 Å². The molecule has 0 radical (unpaired) electrons. The van der Waals surface area contributed by atoms with E-state index in [9.17, 15) is 9.59 Å². The van der Waals surface area contributed by atoms with E-state index in [1.807, 2.05) is 42.5 Å². The van der Waals surface area contributed by atoms with Gasteiger partial charge in [0.25, 0.3) is 5.91 Å². The first kappa shape index (κ1) is 24.1. The number of aromatic nitrogens is 1. The maximum absolute atomic E-state index is 12.7. The average Bonchev–Trinajstić information content (AvgIpc) is 3.37. The van der Waals surface area contributed by atoms with Crippen LogP contribution in [-0.2, 0) is 16.0 Å². The van der Waals surface area contributed by atoms with Gasteiger partial charge in [0, 0.05) is 30.5 Å². The maximum Gasteiger partial charge on any atom is 0.266 e. The van der Waals surface area contributed by atoms with Crippen molar-refractivity contribution in [1.82, 2.24) is 9.88 Å². The number of hydrogen-bond donors (Lipinski definition) is 1. The number of aryl methyl sites for hydroxylation is 1. The fourth-order valence-corrected chi connectivity index (χ4v) is 5.39. The van der Waals surface area contributed by atoms with Gasteiger partial charge in [-0.25, -0.2) is 4.98 Å². The minimum absolute atomic E-state index is 0.145. The van der Waals surface area contributed by atoms with Crippen LogP contribution < -0.4 is 5.32 Å². The van der Waals surface area contributed by atoms with Crippen LogP contribution in [0.15, 0.2) is 77.9 Å². The lowest BCUT2D eigenvalue weighted by molar-refractivity contribution is -0.122. The van der Waals surface area contributed by atoms with Crippen LogP contribution >= 0.6 is 35.3 Å². The summed E-state index contributed by atoms with van der Waals surface area (Å²) in [5.74, 6) is -0.367. The zero-order valence-corrected chi connectivity index (χ0v) is 21.0. The number of hydrogen-bond acceptors (Lipinski definition) is 6. The van der Waals surface area contributed by atoms with Crippen molar-refractivity contribution >= 4 is 62.7 Å². The van der Waals surface area contributed by atoms with Crippen molar-refractivity contribution in [2.75, 3.05) is 11.9 Å². The van der Waals surface area contributed by atoms with Gasteiger partial charge in [-0.05, 0) is 24.1 Å². The fourth-order valence-electron chi connectivity index (χ4n) is 3.27. The summed E-state index contributed by atoms with van der Waals surface area (Å²) in [6, 6.07) is 18.2. The number of nitrogens with one attached hydrogen (secondary N) is 1. The Labute approximate surface area is 212 Å². The van der Waals surface area contributed by atoms with Gasteiger partial charge in [-0.15, -0.1) is 11.3 Å². The third-order valence-electron chi connectivity index (χ3n) is 5.07. The lowest BCUT2D eigenvalue weighted by Gasteiger charge is -2.13. The summed E-state index contributed by atoms with van der Waals surface area (Å²) in [7, 11) is 0. The molecule has 1 aliphatic rings. The summed E-state index contributed by atoms with van der Waals surface area (Å²) in [6.45, 7) is 2.29. The number of amides is 2. The molecule has 2 aromatic carbocycles. The highest BCUT2D eigenvalue weighted by Crippen LogP contribution is 2.31. The van der Waals surface area contributed by atoms with E-state index in [1.165, 1.54) is 39.1 Å². The number of rotatable bonds is 8. The second kappa shape index (κ2) is 11.4. The molecule has 5 nitrogen and oxygen atoms in total. The van der Waals surface area contributed by atoms with E-state index in [4.69, 9.17) is 12.2 Å². The largest absolute Gasteiger partial charge is 0.302 e. The first-order chi connectivity index (χ1) is 16.5. The molecule has 1 saturated heterocycles. The number of allylic oxidation sites excluding steroid dienone is 2. The molecule has 0 bridgehead atoms. The molecule has 1 aromatic heterocycles. The highest BCUT2D eigenvalue weighted by atomic mass is 32.2. The third-order valence-corrected chi connectivity index (χ3v) is 7.38. The molecule has 1 N–H and O–H groups in total. The molecule has 0 saturated carbocycles. The SMILES string of the molecule is Cc1ccc(Cc2cnc(NC(=O)CCN3C(=O)C(=CC=Cc4ccccc4)SC3=S)s2)cc1. The van der Waals surface area contributed by atoms with Gasteiger partial charge < -0.3 is 5.32 Å². The first-order valence-electron chi connectivity index (χ1n) is 10.7. The van der Waals surface area contributed by atoms with Crippen molar-refractivity contribution in [3.63, 3.8) is 0 Å². The molecule has 1 fully saturated rings. The highest BCUT2D eigenvalue weighted by Gasteiger charge is 2.31. The Balaban J connectivity index is 1.27. The minimum Gasteiger partial charge on any atom is -0.302 e. The molecule has 34 heavy (non-hydrogen) atoms. The molecule has 1 aliphatic heterocycles.